The molecule has 3 nitrogen and oxygen atoms in total. The van der Waals surface area contributed by atoms with Crippen LogP contribution in [0.25, 0.3) is 0 Å². The number of carbonyl (C=O) groups excluding carboxylic acids is 1. The lowest BCUT2D eigenvalue weighted by atomic mass is 10.0. The summed E-state index contributed by atoms with van der Waals surface area (Å²) in [5.41, 5.74) is 1.22. The van der Waals surface area contributed by atoms with Gasteiger partial charge in [-0.05, 0) is 46.6 Å². The number of rotatable bonds is 6. The molecule has 1 rings (SSSR count). The molecule has 0 amide bonds. The number of carbonyl (C=O) groups is 1. The second-order valence-corrected chi connectivity index (χ2v) is 4.78. The molecule has 0 aliphatic carbocycles. The van der Waals surface area contributed by atoms with Gasteiger partial charge >= 0.3 is 5.97 Å². The molecular formula is C14H22O3. The first kappa shape index (κ1) is 14.0. The summed E-state index contributed by atoms with van der Waals surface area (Å²) in [5.74, 6) is -0.297. The highest BCUT2D eigenvalue weighted by molar-refractivity contribution is 5.82. The number of hydrogen-bond acceptors (Lipinski definition) is 3. The van der Waals surface area contributed by atoms with Crippen LogP contribution in [0.1, 0.15) is 40.5 Å². The van der Waals surface area contributed by atoms with Gasteiger partial charge in [-0.3, -0.25) is 0 Å². The molecule has 17 heavy (non-hydrogen) atoms. The number of allylic oxidation sites excluding steroid dienone is 2. The van der Waals surface area contributed by atoms with E-state index in [9.17, 15) is 4.79 Å². The Balaban J connectivity index is 2.31. The molecule has 1 aliphatic heterocycles. The van der Waals surface area contributed by atoms with Crippen LogP contribution in [0.2, 0.25) is 0 Å². The van der Waals surface area contributed by atoms with Gasteiger partial charge in [0.2, 0.25) is 0 Å². The highest BCUT2D eigenvalue weighted by atomic mass is 16.6. The Kier molecular flexibility index (Phi) is 4.94. The molecule has 0 bridgehead atoms. The highest BCUT2D eigenvalue weighted by Gasteiger charge is 2.49. The SMILES string of the molecule is CCOC(=O)/C=C/[C@@H]1O[C@]1(C)CCC=C(C)C. The molecular weight excluding hydrogens is 216 g/mol. The smallest absolute Gasteiger partial charge is 0.330 e. The van der Waals surface area contributed by atoms with Crippen LogP contribution < -0.4 is 0 Å². The predicted molar refractivity (Wildman–Crippen MR) is 67.7 cm³/mol. The van der Waals surface area contributed by atoms with E-state index in [1.165, 1.54) is 11.6 Å². The van der Waals surface area contributed by atoms with Crippen LogP contribution in [-0.4, -0.2) is 24.3 Å². The van der Waals surface area contributed by atoms with Crippen molar-refractivity contribution in [2.75, 3.05) is 6.61 Å². The maximum absolute atomic E-state index is 11.1. The minimum absolute atomic E-state index is 0.0532. The van der Waals surface area contributed by atoms with E-state index in [0.717, 1.165) is 12.8 Å². The van der Waals surface area contributed by atoms with Crippen molar-refractivity contribution in [2.24, 2.45) is 0 Å². The fourth-order valence-corrected chi connectivity index (χ4v) is 1.70. The summed E-state index contributed by atoms with van der Waals surface area (Å²) in [6, 6.07) is 0. The Labute approximate surface area is 103 Å². The molecule has 2 atom stereocenters. The van der Waals surface area contributed by atoms with Gasteiger partial charge in [-0.15, -0.1) is 0 Å². The van der Waals surface area contributed by atoms with Crippen molar-refractivity contribution in [1.29, 1.82) is 0 Å². The van der Waals surface area contributed by atoms with E-state index in [1.807, 2.05) is 0 Å². The lowest BCUT2D eigenvalue weighted by Crippen LogP contribution is -2.08. The summed E-state index contributed by atoms with van der Waals surface area (Å²) >= 11 is 0. The summed E-state index contributed by atoms with van der Waals surface area (Å²) in [6.07, 6.45) is 7.51. The van der Waals surface area contributed by atoms with Crippen LogP contribution in [0.3, 0.4) is 0 Å². The molecule has 0 aromatic heterocycles. The summed E-state index contributed by atoms with van der Waals surface area (Å²) in [4.78, 5) is 11.1. The Hall–Kier alpha value is -1.09. The molecule has 3 heteroatoms. The van der Waals surface area contributed by atoms with E-state index in [0.29, 0.717) is 6.61 Å². The first-order valence-corrected chi connectivity index (χ1v) is 6.14. The Morgan fingerprint density at radius 1 is 1.47 bits per heavy atom. The normalized spacial score (nSPS) is 26.9. The fourth-order valence-electron chi connectivity index (χ4n) is 1.70. The highest BCUT2D eigenvalue weighted by Crippen LogP contribution is 2.41. The van der Waals surface area contributed by atoms with Gasteiger partial charge in [0, 0.05) is 6.08 Å². The maximum Gasteiger partial charge on any atom is 0.330 e. The summed E-state index contributed by atoms with van der Waals surface area (Å²) in [7, 11) is 0. The first-order chi connectivity index (χ1) is 7.98. The molecule has 0 aromatic carbocycles. The monoisotopic (exact) mass is 238 g/mol. The molecule has 0 radical (unpaired) electrons. The molecule has 1 saturated heterocycles. The number of hydrogen-bond donors (Lipinski definition) is 0. The van der Waals surface area contributed by atoms with E-state index in [-0.39, 0.29) is 17.7 Å². The average molecular weight is 238 g/mol. The zero-order valence-electron chi connectivity index (χ0n) is 11.2. The van der Waals surface area contributed by atoms with Gasteiger partial charge in [0.1, 0.15) is 6.10 Å². The number of ether oxygens (including phenoxy) is 2. The van der Waals surface area contributed by atoms with Crippen molar-refractivity contribution in [3.05, 3.63) is 23.8 Å². The third-order valence-corrected chi connectivity index (χ3v) is 2.83. The van der Waals surface area contributed by atoms with Gasteiger partial charge in [0.05, 0.1) is 12.2 Å². The standard InChI is InChI=1S/C14H22O3/c1-5-16-13(15)9-8-12-14(4,17-12)10-6-7-11(2)3/h7-9,12H,5-6,10H2,1-4H3/b9-8+/t12-,14+/m0/s1. The van der Waals surface area contributed by atoms with Crippen LogP contribution in [0.5, 0.6) is 0 Å². The number of esters is 1. The second-order valence-electron chi connectivity index (χ2n) is 4.78. The van der Waals surface area contributed by atoms with E-state index < -0.39 is 0 Å². The maximum atomic E-state index is 11.1. The summed E-state index contributed by atoms with van der Waals surface area (Å²) < 4.78 is 10.4. The van der Waals surface area contributed by atoms with Crippen LogP contribution in [-0.2, 0) is 14.3 Å². The van der Waals surface area contributed by atoms with Gasteiger partial charge in [-0.25, -0.2) is 4.79 Å². The molecule has 0 spiro atoms. The van der Waals surface area contributed by atoms with E-state index in [2.05, 4.69) is 26.8 Å². The average Bonchev–Trinajstić information content (AvgIpc) is 2.87. The van der Waals surface area contributed by atoms with Gasteiger partial charge in [-0.2, -0.15) is 0 Å². The molecule has 1 heterocycles. The third-order valence-electron chi connectivity index (χ3n) is 2.83. The van der Waals surface area contributed by atoms with E-state index in [1.54, 1.807) is 13.0 Å². The van der Waals surface area contributed by atoms with Gasteiger partial charge in [0.15, 0.2) is 0 Å². The first-order valence-electron chi connectivity index (χ1n) is 6.14. The van der Waals surface area contributed by atoms with E-state index in [4.69, 9.17) is 9.47 Å². The quantitative estimate of drug-likeness (QED) is 0.309. The largest absolute Gasteiger partial charge is 0.463 e. The molecule has 0 unspecified atom stereocenters. The zero-order chi connectivity index (χ0) is 12.9. The second kappa shape index (κ2) is 6.01. The van der Waals surface area contributed by atoms with Crippen molar-refractivity contribution in [3.63, 3.8) is 0 Å². The Morgan fingerprint density at radius 2 is 2.18 bits per heavy atom. The molecule has 0 saturated carbocycles. The minimum Gasteiger partial charge on any atom is -0.463 e. The van der Waals surface area contributed by atoms with Crippen molar-refractivity contribution < 1.29 is 14.3 Å². The molecule has 1 aliphatic rings. The molecule has 0 N–H and O–H groups in total. The van der Waals surface area contributed by atoms with Crippen LogP contribution >= 0.6 is 0 Å². The third kappa shape index (κ3) is 4.73. The van der Waals surface area contributed by atoms with Crippen molar-refractivity contribution in [1.82, 2.24) is 0 Å². The Morgan fingerprint density at radius 3 is 2.76 bits per heavy atom. The van der Waals surface area contributed by atoms with Crippen LogP contribution in [0.15, 0.2) is 23.8 Å². The zero-order valence-corrected chi connectivity index (χ0v) is 11.2. The number of epoxide rings is 1. The van der Waals surface area contributed by atoms with Crippen LogP contribution in [0.4, 0.5) is 0 Å². The van der Waals surface area contributed by atoms with Gasteiger partial charge in [-0.1, -0.05) is 11.6 Å². The lowest BCUT2D eigenvalue weighted by Gasteiger charge is -2.02. The molecule has 0 aromatic rings. The lowest BCUT2D eigenvalue weighted by molar-refractivity contribution is -0.137. The van der Waals surface area contributed by atoms with Crippen LogP contribution in [0, 0.1) is 0 Å². The van der Waals surface area contributed by atoms with Crippen molar-refractivity contribution >= 4 is 5.97 Å². The topological polar surface area (TPSA) is 38.8 Å². The summed E-state index contributed by atoms with van der Waals surface area (Å²) in [6.45, 7) is 8.46. The van der Waals surface area contributed by atoms with Crippen molar-refractivity contribution in [3.8, 4) is 0 Å². The molecule has 1 fully saturated rings. The van der Waals surface area contributed by atoms with Crippen molar-refractivity contribution in [2.45, 2.75) is 52.2 Å². The van der Waals surface area contributed by atoms with E-state index >= 15 is 0 Å². The Bertz CT molecular complexity index is 326. The minimum atomic E-state index is -0.297. The van der Waals surface area contributed by atoms with Gasteiger partial charge < -0.3 is 9.47 Å². The summed E-state index contributed by atoms with van der Waals surface area (Å²) in [5, 5.41) is 0. The van der Waals surface area contributed by atoms with Gasteiger partial charge in [0.25, 0.3) is 0 Å². The fraction of sp³-hybridized carbons (Fsp3) is 0.643. The molecule has 96 valence electrons. The predicted octanol–water partition coefficient (Wildman–Crippen LogP) is 3.01.